The zero-order chi connectivity index (χ0) is 21.4. The zero-order valence-electron chi connectivity index (χ0n) is 16.9. The summed E-state index contributed by atoms with van der Waals surface area (Å²) in [6.45, 7) is 2.95. The second kappa shape index (κ2) is 12.1. The van der Waals surface area contributed by atoms with Crippen LogP contribution < -0.4 is 10.6 Å². The van der Waals surface area contributed by atoms with Gasteiger partial charge in [0.1, 0.15) is 5.76 Å². The molecule has 3 aromatic rings. The van der Waals surface area contributed by atoms with Crippen LogP contribution in [-0.2, 0) is 19.0 Å². The summed E-state index contributed by atoms with van der Waals surface area (Å²) in [7, 11) is 0. The van der Waals surface area contributed by atoms with Crippen LogP contribution in [0.15, 0.2) is 63.5 Å². The monoisotopic (exact) mass is 564 g/mol. The highest BCUT2D eigenvalue weighted by molar-refractivity contribution is 14.0. The zero-order valence-corrected chi connectivity index (χ0v) is 20.0. The van der Waals surface area contributed by atoms with Gasteiger partial charge in [-0.3, -0.25) is 4.99 Å². The topological polar surface area (TPSA) is 62.5 Å². The molecule has 31 heavy (non-hydrogen) atoms. The van der Waals surface area contributed by atoms with Gasteiger partial charge in [-0.2, -0.15) is 13.2 Å². The number of alkyl halides is 3. The molecular formula is C21H24F3IN4OS. The van der Waals surface area contributed by atoms with Crippen molar-refractivity contribution in [2.75, 3.05) is 13.1 Å². The van der Waals surface area contributed by atoms with Crippen LogP contribution in [0, 0.1) is 0 Å². The first-order valence-electron chi connectivity index (χ1n) is 9.55. The third-order valence-electron chi connectivity index (χ3n) is 4.33. The summed E-state index contributed by atoms with van der Waals surface area (Å²) in [5.41, 5.74) is 0.256. The molecule has 0 saturated carbocycles. The highest BCUT2D eigenvalue weighted by atomic mass is 127. The van der Waals surface area contributed by atoms with Crippen molar-refractivity contribution >= 4 is 41.3 Å². The van der Waals surface area contributed by atoms with Crippen LogP contribution in [0.1, 0.15) is 35.0 Å². The summed E-state index contributed by atoms with van der Waals surface area (Å²) >= 11 is 1.00. The second-order valence-corrected chi connectivity index (χ2v) is 7.58. The van der Waals surface area contributed by atoms with Crippen LogP contribution in [0.3, 0.4) is 0 Å². The van der Waals surface area contributed by atoms with E-state index in [4.69, 9.17) is 4.42 Å². The van der Waals surface area contributed by atoms with Crippen LogP contribution in [-0.4, -0.2) is 24.0 Å². The van der Waals surface area contributed by atoms with Gasteiger partial charge in [0.25, 0.3) is 0 Å². The standard InChI is InChI=1S/C21H23F3N4OS.HI/c1-15(16-6-3-2-4-7-16)27-20(25-11-9-17-8-5-13-29-17)26-12-10-19-28-18(14-30-19)21(22,23)24;/h2-8,13-15H,9-12H2,1H3,(H2,25,26,27);1H. The first kappa shape index (κ1) is 25.2. The number of nitrogens with one attached hydrogen (secondary N) is 2. The van der Waals surface area contributed by atoms with E-state index >= 15 is 0 Å². The Morgan fingerprint density at radius 1 is 1.16 bits per heavy atom. The van der Waals surface area contributed by atoms with Crippen molar-refractivity contribution in [1.82, 2.24) is 15.6 Å². The smallest absolute Gasteiger partial charge is 0.434 e. The molecule has 0 spiro atoms. The lowest BCUT2D eigenvalue weighted by atomic mass is 10.1. The molecule has 2 aromatic heterocycles. The number of guanidine groups is 1. The second-order valence-electron chi connectivity index (χ2n) is 6.64. The third-order valence-corrected chi connectivity index (χ3v) is 5.24. The Morgan fingerprint density at radius 3 is 2.58 bits per heavy atom. The van der Waals surface area contributed by atoms with Gasteiger partial charge in [-0.05, 0) is 24.6 Å². The molecule has 10 heteroatoms. The maximum absolute atomic E-state index is 12.7. The van der Waals surface area contributed by atoms with E-state index < -0.39 is 11.9 Å². The number of hydrogen-bond acceptors (Lipinski definition) is 4. The largest absolute Gasteiger partial charge is 0.469 e. The molecule has 2 N–H and O–H groups in total. The maximum Gasteiger partial charge on any atom is 0.434 e. The minimum atomic E-state index is -4.41. The Kier molecular flexibility index (Phi) is 9.82. The summed E-state index contributed by atoms with van der Waals surface area (Å²) in [6, 6.07) is 13.7. The summed E-state index contributed by atoms with van der Waals surface area (Å²) < 4.78 is 43.4. The van der Waals surface area contributed by atoms with Gasteiger partial charge in [0.05, 0.1) is 17.3 Å². The number of nitrogens with zero attached hydrogens (tertiary/aromatic N) is 2. The Balaban J connectivity index is 0.00000341. The highest BCUT2D eigenvalue weighted by Crippen LogP contribution is 2.30. The van der Waals surface area contributed by atoms with Crippen molar-refractivity contribution in [3.05, 3.63) is 76.1 Å². The number of aliphatic imine (C=N–C) groups is 1. The highest BCUT2D eigenvalue weighted by Gasteiger charge is 2.33. The van der Waals surface area contributed by atoms with Crippen LogP contribution >= 0.6 is 35.3 Å². The molecule has 5 nitrogen and oxygen atoms in total. The fourth-order valence-electron chi connectivity index (χ4n) is 2.76. The number of aromatic nitrogens is 1. The first-order chi connectivity index (χ1) is 14.4. The van der Waals surface area contributed by atoms with Gasteiger partial charge >= 0.3 is 6.18 Å². The van der Waals surface area contributed by atoms with Crippen LogP contribution in [0.4, 0.5) is 13.2 Å². The van der Waals surface area contributed by atoms with Crippen LogP contribution in [0.5, 0.6) is 0 Å². The number of hydrogen-bond donors (Lipinski definition) is 2. The van der Waals surface area contributed by atoms with Crippen molar-refractivity contribution in [3.8, 4) is 0 Å². The van der Waals surface area contributed by atoms with E-state index in [2.05, 4.69) is 20.6 Å². The minimum absolute atomic E-state index is 0. The fraction of sp³-hybridized carbons (Fsp3) is 0.333. The summed E-state index contributed by atoms with van der Waals surface area (Å²) in [5.74, 6) is 1.45. The van der Waals surface area contributed by atoms with Gasteiger partial charge in [-0.15, -0.1) is 35.3 Å². The summed E-state index contributed by atoms with van der Waals surface area (Å²) in [6.07, 6.45) is -1.76. The number of thiazole rings is 1. The first-order valence-corrected chi connectivity index (χ1v) is 10.4. The maximum atomic E-state index is 12.7. The Labute approximate surface area is 200 Å². The average molecular weight is 564 g/mol. The van der Waals surface area contributed by atoms with E-state index in [9.17, 15) is 13.2 Å². The van der Waals surface area contributed by atoms with Gasteiger partial charge in [0, 0.05) is 31.3 Å². The lowest BCUT2D eigenvalue weighted by Gasteiger charge is -2.18. The molecule has 0 saturated heterocycles. The van der Waals surface area contributed by atoms with E-state index in [-0.39, 0.29) is 30.0 Å². The molecule has 0 aliphatic heterocycles. The van der Waals surface area contributed by atoms with Crippen molar-refractivity contribution in [2.24, 2.45) is 4.99 Å². The third kappa shape index (κ3) is 8.17. The van der Waals surface area contributed by atoms with E-state index in [1.807, 2.05) is 49.4 Å². The molecule has 1 atom stereocenters. The predicted molar refractivity (Wildman–Crippen MR) is 127 cm³/mol. The molecule has 0 aliphatic carbocycles. The molecule has 3 rings (SSSR count). The molecule has 0 amide bonds. The Bertz CT molecular complexity index is 930. The molecule has 0 aliphatic rings. The molecule has 0 radical (unpaired) electrons. The summed E-state index contributed by atoms with van der Waals surface area (Å²) in [5, 5.41) is 8.05. The van der Waals surface area contributed by atoms with Crippen LogP contribution in [0.2, 0.25) is 0 Å². The lowest BCUT2D eigenvalue weighted by molar-refractivity contribution is -0.140. The molecular weight excluding hydrogens is 540 g/mol. The Hall–Kier alpha value is -2.08. The van der Waals surface area contributed by atoms with Gasteiger partial charge in [0.15, 0.2) is 11.7 Å². The summed E-state index contributed by atoms with van der Waals surface area (Å²) in [4.78, 5) is 8.18. The molecule has 1 unspecified atom stereocenters. The average Bonchev–Trinajstić information content (AvgIpc) is 3.40. The van der Waals surface area contributed by atoms with Gasteiger partial charge in [-0.25, -0.2) is 4.98 Å². The SMILES string of the molecule is CC(NC(=NCCc1nc(C(F)(F)F)cs1)NCCc1ccco1)c1ccccc1.I. The van der Waals surface area contributed by atoms with Crippen molar-refractivity contribution in [1.29, 1.82) is 0 Å². The van der Waals surface area contributed by atoms with E-state index in [0.717, 1.165) is 28.0 Å². The normalized spacial score (nSPS) is 12.8. The molecule has 0 bridgehead atoms. The molecule has 1 aromatic carbocycles. The molecule has 168 valence electrons. The van der Waals surface area contributed by atoms with Gasteiger partial charge < -0.3 is 15.1 Å². The molecule has 0 fully saturated rings. The fourth-order valence-corrected chi connectivity index (χ4v) is 3.56. The van der Waals surface area contributed by atoms with E-state index in [1.165, 1.54) is 0 Å². The van der Waals surface area contributed by atoms with E-state index in [0.29, 0.717) is 36.9 Å². The number of rotatable bonds is 8. The van der Waals surface area contributed by atoms with Crippen molar-refractivity contribution in [3.63, 3.8) is 0 Å². The van der Waals surface area contributed by atoms with E-state index in [1.54, 1.807) is 6.26 Å². The Morgan fingerprint density at radius 2 is 1.94 bits per heavy atom. The quantitative estimate of drug-likeness (QED) is 0.217. The lowest BCUT2D eigenvalue weighted by Crippen LogP contribution is -2.40. The predicted octanol–water partition coefficient (Wildman–Crippen LogP) is 5.45. The number of benzene rings is 1. The van der Waals surface area contributed by atoms with Crippen LogP contribution in [0.25, 0.3) is 0 Å². The molecule has 2 heterocycles. The van der Waals surface area contributed by atoms with Crippen molar-refractivity contribution < 1.29 is 17.6 Å². The number of furan rings is 1. The number of halogens is 4. The minimum Gasteiger partial charge on any atom is -0.469 e. The van der Waals surface area contributed by atoms with Gasteiger partial charge in [0.2, 0.25) is 0 Å². The van der Waals surface area contributed by atoms with Gasteiger partial charge in [-0.1, -0.05) is 30.3 Å². The van der Waals surface area contributed by atoms with Crippen molar-refractivity contribution in [2.45, 2.75) is 32.0 Å².